The number of hydrogen-bond acceptors (Lipinski definition) is 3. The molecule has 0 spiro atoms. The molecule has 0 aliphatic carbocycles. The van der Waals surface area contributed by atoms with Gasteiger partial charge in [0.25, 0.3) is 0 Å². The fraction of sp³-hybridized carbons (Fsp3) is 0.923. The highest BCUT2D eigenvalue weighted by atomic mass is 16.6. The van der Waals surface area contributed by atoms with Crippen LogP contribution in [0.5, 0.6) is 0 Å². The van der Waals surface area contributed by atoms with Crippen molar-refractivity contribution in [1.29, 1.82) is 0 Å². The molecule has 4 heteroatoms. The molecule has 0 unspecified atom stereocenters. The average Bonchev–Trinajstić information content (AvgIpc) is 2.95. The zero-order valence-corrected chi connectivity index (χ0v) is 11.3. The predicted octanol–water partition coefficient (Wildman–Crippen LogP) is 2.56. The summed E-state index contributed by atoms with van der Waals surface area (Å²) in [7, 11) is 0. The molecule has 4 nitrogen and oxygen atoms in total. The maximum absolute atomic E-state index is 12.1. The number of epoxide rings is 1. The number of nitrogens with zero attached hydrogens (tertiary/aromatic N) is 1. The third-order valence-electron chi connectivity index (χ3n) is 3.44. The van der Waals surface area contributed by atoms with Crippen molar-refractivity contribution in [2.24, 2.45) is 0 Å². The van der Waals surface area contributed by atoms with Crippen LogP contribution in [0.1, 0.15) is 47.0 Å². The number of rotatable bonds is 1. The van der Waals surface area contributed by atoms with Crippen LogP contribution in [-0.2, 0) is 9.47 Å². The van der Waals surface area contributed by atoms with Crippen LogP contribution in [0.25, 0.3) is 0 Å². The lowest BCUT2D eigenvalue weighted by Crippen LogP contribution is -2.52. The first-order valence-corrected chi connectivity index (χ1v) is 6.45. The second-order valence-electron chi connectivity index (χ2n) is 6.29. The molecule has 1 amide bonds. The second kappa shape index (κ2) is 4.16. The second-order valence-corrected chi connectivity index (χ2v) is 6.29. The highest BCUT2D eigenvalue weighted by molar-refractivity contribution is 5.69. The van der Waals surface area contributed by atoms with E-state index in [0.717, 1.165) is 26.0 Å². The van der Waals surface area contributed by atoms with Crippen LogP contribution in [0.15, 0.2) is 0 Å². The lowest BCUT2D eigenvalue weighted by atomic mass is 9.92. The Morgan fingerprint density at radius 1 is 1.41 bits per heavy atom. The molecule has 0 aromatic rings. The van der Waals surface area contributed by atoms with Crippen LogP contribution in [0, 0.1) is 0 Å². The molecule has 2 rings (SSSR count). The lowest BCUT2D eigenvalue weighted by molar-refractivity contribution is -0.00134. The fourth-order valence-electron chi connectivity index (χ4n) is 2.41. The first kappa shape index (κ1) is 12.7. The molecule has 0 N–H and O–H groups in total. The number of amides is 1. The van der Waals surface area contributed by atoms with Gasteiger partial charge in [0.05, 0.1) is 12.6 Å². The zero-order valence-electron chi connectivity index (χ0n) is 11.3. The Morgan fingerprint density at radius 3 is 2.59 bits per heavy atom. The zero-order chi connectivity index (χ0) is 12.7. The Labute approximate surface area is 103 Å². The van der Waals surface area contributed by atoms with Crippen molar-refractivity contribution in [3.8, 4) is 0 Å². The van der Waals surface area contributed by atoms with Gasteiger partial charge in [0.1, 0.15) is 11.2 Å². The molecule has 0 bridgehead atoms. The number of ether oxygens (including phenoxy) is 2. The molecule has 2 saturated heterocycles. The van der Waals surface area contributed by atoms with E-state index in [9.17, 15) is 4.79 Å². The van der Waals surface area contributed by atoms with Crippen LogP contribution in [-0.4, -0.2) is 41.4 Å². The van der Waals surface area contributed by atoms with Crippen molar-refractivity contribution in [2.45, 2.75) is 64.2 Å². The minimum atomic E-state index is -0.426. The van der Waals surface area contributed by atoms with Gasteiger partial charge in [0, 0.05) is 6.54 Å². The summed E-state index contributed by atoms with van der Waals surface area (Å²) in [4.78, 5) is 14.0. The fourth-order valence-corrected chi connectivity index (χ4v) is 2.41. The van der Waals surface area contributed by atoms with Gasteiger partial charge in [0.2, 0.25) is 0 Å². The highest BCUT2D eigenvalue weighted by Crippen LogP contribution is 2.38. The SMILES string of the molecule is CC(C)(C)OC(=O)N1CCCC[C@@H]1[C@@]1(C)CO1. The van der Waals surface area contributed by atoms with Gasteiger partial charge in [-0.2, -0.15) is 0 Å². The smallest absolute Gasteiger partial charge is 0.410 e. The summed E-state index contributed by atoms with van der Waals surface area (Å²) in [6.45, 7) is 9.34. The third kappa shape index (κ3) is 2.92. The molecule has 2 fully saturated rings. The van der Waals surface area contributed by atoms with Crippen molar-refractivity contribution in [1.82, 2.24) is 4.90 Å². The van der Waals surface area contributed by atoms with Crippen molar-refractivity contribution >= 4 is 6.09 Å². The summed E-state index contributed by atoms with van der Waals surface area (Å²) >= 11 is 0. The van der Waals surface area contributed by atoms with Gasteiger partial charge in [-0.05, 0) is 47.0 Å². The van der Waals surface area contributed by atoms with Gasteiger partial charge in [-0.25, -0.2) is 4.79 Å². The number of likely N-dealkylation sites (tertiary alicyclic amines) is 1. The van der Waals surface area contributed by atoms with E-state index in [1.807, 2.05) is 25.7 Å². The molecular weight excluding hydrogens is 218 g/mol. The summed E-state index contributed by atoms with van der Waals surface area (Å²) in [5, 5.41) is 0. The molecule has 0 radical (unpaired) electrons. The van der Waals surface area contributed by atoms with Crippen LogP contribution in [0.3, 0.4) is 0 Å². The first-order valence-electron chi connectivity index (χ1n) is 6.45. The van der Waals surface area contributed by atoms with E-state index in [1.54, 1.807) is 0 Å². The molecule has 2 heterocycles. The summed E-state index contributed by atoms with van der Waals surface area (Å²) in [5.41, 5.74) is -0.554. The van der Waals surface area contributed by atoms with Crippen molar-refractivity contribution < 1.29 is 14.3 Å². The van der Waals surface area contributed by atoms with Crippen molar-refractivity contribution in [2.75, 3.05) is 13.2 Å². The number of carbonyl (C=O) groups excluding carboxylic acids is 1. The minimum Gasteiger partial charge on any atom is -0.444 e. The summed E-state index contributed by atoms with van der Waals surface area (Å²) in [5.74, 6) is 0. The number of carbonyl (C=O) groups is 1. The van der Waals surface area contributed by atoms with E-state index in [4.69, 9.17) is 9.47 Å². The summed E-state index contributed by atoms with van der Waals surface area (Å²) in [6.07, 6.45) is 3.06. The van der Waals surface area contributed by atoms with Gasteiger partial charge >= 0.3 is 6.09 Å². The summed E-state index contributed by atoms with van der Waals surface area (Å²) < 4.78 is 11.0. The predicted molar refractivity (Wildman–Crippen MR) is 64.9 cm³/mol. The Kier molecular flexibility index (Phi) is 3.10. The number of hydrogen-bond donors (Lipinski definition) is 0. The van der Waals surface area contributed by atoms with E-state index in [-0.39, 0.29) is 17.7 Å². The van der Waals surface area contributed by atoms with Crippen LogP contribution in [0.2, 0.25) is 0 Å². The highest BCUT2D eigenvalue weighted by Gasteiger charge is 2.51. The minimum absolute atomic E-state index is 0.128. The average molecular weight is 241 g/mol. The number of piperidine rings is 1. The molecule has 2 atom stereocenters. The Morgan fingerprint density at radius 2 is 2.06 bits per heavy atom. The van der Waals surface area contributed by atoms with Gasteiger partial charge < -0.3 is 14.4 Å². The van der Waals surface area contributed by atoms with E-state index in [2.05, 4.69) is 6.92 Å². The molecule has 2 aliphatic heterocycles. The van der Waals surface area contributed by atoms with Crippen molar-refractivity contribution in [3.63, 3.8) is 0 Å². The normalized spacial score (nSPS) is 33.4. The van der Waals surface area contributed by atoms with E-state index >= 15 is 0 Å². The van der Waals surface area contributed by atoms with Crippen LogP contribution >= 0.6 is 0 Å². The van der Waals surface area contributed by atoms with Crippen LogP contribution in [0.4, 0.5) is 4.79 Å². The van der Waals surface area contributed by atoms with Crippen LogP contribution < -0.4 is 0 Å². The van der Waals surface area contributed by atoms with Gasteiger partial charge in [-0.15, -0.1) is 0 Å². The van der Waals surface area contributed by atoms with E-state index in [1.165, 1.54) is 6.42 Å². The molecular formula is C13H23NO3. The molecule has 0 saturated carbocycles. The summed E-state index contributed by atoms with van der Waals surface area (Å²) in [6, 6.07) is 0.186. The van der Waals surface area contributed by atoms with Gasteiger partial charge in [-0.3, -0.25) is 0 Å². The van der Waals surface area contributed by atoms with E-state index in [0.29, 0.717) is 0 Å². The maximum atomic E-state index is 12.1. The lowest BCUT2D eigenvalue weighted by Gasteiger charge is -2.38. The topological polar surface area (TPSA) is 42.1 Å². The molecule has 2 aliphatic rings. The molecule has 98 valence electrons. The quantitative estimate of drug-likeness (QED) is 0.663. The molecule has 0 aromatic heterocycles. The molecule has 17 heavy (non-hydrogen) atoms. The first-order chi connectivity index (χ1) is 7.82. The monoisotopic (exact) mass is 241 g/mol. The van der Waals surface area contributed by atoms with E-state index < -0.39 is 5.60 Å². The largest absolute Gasteiger partial charge is 0.444 e. The maximum Gasteiger partial charge on any atom is 0.410 e. The third-order valence-corrected chi connectivity index (χ3v) is 3.44. The van der Waals surface area contributed by atoms with Crippen molar-refractivity contribution in [3.05, 3.63) is 0 Å². The standard InChI is InChI=1S/C13H23NO3/c1-12(2,3)17-11(15)14-8-6-5-7-10(14)13(4)9-16-13/h10H,5-9H2,1-4H3/t10-,13-/m1/s1. The molecule has 0 aromatic carbocycles. The Hall–Kier alpha value is -0.770. The Balaban J connectivity index is 2.03. The Bertz CT molecular complexity index is 304. The van der Waals surface area contributed by atoms with Gasteiger partial charge in [-0.1, -0.05) is 0 Å². The van der Waals surface area contributed by atoms with Gasteiger partial charge in [0.15, 0.2) is 0 Å².